The Kier molecular flexibility index (Phi) is 6.41. The maximum absolute atomic E-state index is 13.9. The molecule has 0 bridgehead atoms. The van der Waals surface area contributed by atoms with Crippen molar-refractivity contribution in [3.8, 4) is 10.4 Å². The molecule has 31 heavy (non-hydrogen) atoms. The second-order valence-corrected chi connectivity index (χ2v) is 9.57. The van der Waals surface area contributed by atoms with Gasteiger partial charge in [-0.25, -0.2) is 14.1 Å². The molecule has 1 aromatic carbocycles. The molecule has 0 spiro atoms. The van der Waals surface area contributed by atoms with E-state index in [1.54, 1.807) is 23.5 Å². The van der Waals surface area contributed by atoms with Gasteiger partial charge in [-0.05, 0) is 51.5 Å². The summed E-state index contributed by atoms with van der Waals surface area (Å²) in [6, 6.07) is 8.64. The zero-order valence-corrected chi connectivity index (χ0v) is 19.3. The standard InChI is InChI=1S/C23H30FN5OS/c1-15(2)28(16(3)4)23(30)29-21-18(14-26-22(29)27-11-9-25-10-12-27)13-20(31-21)17-5-7-19(24)8-6-17/h5-8,13-16,22,25H,9-12H2,1-4H3. The molecule has 4 rings (SSSR count). The molecule has 1 unspecified atom stereocenters. The van der Waals surface area contributed by atoms with Gasteiger partial charge >= 0.3 is 6.03 Å². The fraction of sp³-hybridized carbons (Fsp3) is 0.478. The normalized spacial score (nSPS) is 19.2. The number of amides is 2. The molecule has 1 N–H and O–H groups in total. The van der Waals surface area contributed by atoms with E-state index in [0.29, 0.717) is 0 Å². The molecule has 2 aromatic rings. The van der Waals surface area contributed by atoms with E-state index in [1.807, 2.05) is 49.8 Å². The van der Waals surface area contributed by atoms with Crippen LogP contribution in [0.25, 0.3) is 10.4 Å². The number of halogens is 1. The molecule has 2 aliphatic rings. The molecule has 1 atom stereocenters. The van der Waals surface area contributed by atoms with Crippen LogP contribution in [0.15, 0.2) is 35.3 Å². The van der Waals surface area contributed by atoms with Gasteiger partial charge in [-0.1, -0.05) is 12.1 Å². The highest BCUT2D eigenvalue weighted by molar-refractivity contribution is 7.20. The number of carbonyl (C=O) groups excluding carboxylic acids is 1. The third kappa shape index (κ3) is 4.37. The predicted octanol–water partition coefficient (Wildman–Crippen LogP) is 4.22. The van der Waals surface area contributed by atoms with E-state index in [4.69, 9.17) is 4.99 Å². The molecular formula is C23H30FN5OS. The van der Waals surface area contributed by atoms with Crippen LogP contribution in [0.5, 0.6) is 0 Å². The first kappa shape index (κ1) is 21.9. The minimum absolute atomic E-state index is 0.0286. The number of nitrogens with zero attached hydrogens (tertiary/aromatic N) is 4. The summed E-state index contributed by atoms with van der Waals surface area (Å²) in [4.78, 5) is 25.7. The number of hydrogen-bond acceptors (Lipinski definition) is 5. The van der Waals surface area contributed by atoms with Gasteiger partial charge in [0.2, 0.25) is 0 Å². The average molecular weight is 444 g/mol. The van der Waals surface area contributed by atoms with Crippen LogP contribution in [0.3, 0.4) is 0 Å². The Hall–Kier alpha value is -2.29. The minimum Gasteiger partial charge on any atom is -0.319 e. The lowest BCUT2D eigenvalue weighted by molar-refractivity contribution is 0.142. The number of rotatable bonds is 4. The number of aliphatic imine (C=N–C) groups is 1. The summed E-state index contributed by atoms with van der Waals surface area (Å²) in [5.74, 6) is -0.258. The highest BCUT2D eigenvalue weighted by Gasteiger charge is 2.39. The van der Waals surface area contributed by atoms with Crippen molar-refractivity contribution in [2.75, 3.05) is 31.1 Å². The summed E-state index contributed by atoms with van der Waals surface area (Å²) >= 11 is 1.56. The highest BCUT2D eigenvalue weighted by Crippen LogP contribution is 2.41. The number of urea groups is 1. The van der Waals surface area contributed by atoms with E-state index in [2.05, 4.69) is 10.2 Å². The molecule has 2 amide bonds. The van der Waals surface area contributed by atoms with Crippen LogP contribution in [0.1, 0.15) is 33.3 Å². The number of carbonyl (C=O) groups is 1. The minimum atomic E-state index is -0.359. The first-order valence-electron chi connectivity index (χ1n) is 10.9. The molecule has 0 aliphatic carbocycles. The molecular weight excluding hydrogens is 413 g/mol. The summed E-state index contributed by atoms with van der Waals surface area (Å²) < 4.78 is 13.4. The van der Waals surface area contributed by atoms with Crippen LogP contribution in [0.4, 0.5) is 14.2 Å². The quantitative estimate of drug-likeness (QED) is 0.770. The Morgan fingerprint density at radius 3 is 2.42 bits per heavy atom. The number of piperazine rings is 1. The Bertz CT molecular complexity index is 941. The first-order chi connectivity index (χ1) is 14.9. The fourth-order valence-electron chi connectivity index (χ4n) is 4.27. The van der Waals surface area contributed by atoms with Crippen molar-refractivity contribution < 1.29 is 9.18 Å². The van der Waals surface area contributed by atoms with Crippen molar-refractivity contribution in [1.82, 2.24) is 15.1 Å². The lowest BCUT2D eigenvalue weighted by Crippen LogP contribution is -2.60. The summed E-state index contributed by atoms with van der Waals surface area (Å²) in [5, 5.41) is 4.27. The van der Waals surface area contributed by atoms with Crippen molar-refractivity contribution in [1.29, 1.82) is 0 Å². The average Bonchev–Trinajstić information content (AvgIpc) is 3.17. The van der Waals surface area contributed by atoms with Crippen LogP contribution in [-0.4, -0.2) is 66.6 Å². The van der Waals surface area contributed by atoms with E-state index in [9.17, 15) is 9.18 Å². The van der Waals surface area contributed by atoms with Gasteiger partial charge in [0, 0.05) is 54.9 Å². The second kappa shape index (κ2) is 9.06. The number of anilines is 1. The van der Waals surface area contributed by atoms with E-state index >= 15 is 0 Å². The predicted molar refractivity (Wildman–Crippen MR) is 126 cm³/mol. The molecule has 3 heterocycles. The van der Waals surface area contributed by atoms with E-state index < -0.39 is 0 Å². The maximum Gasteiger partial charge on any atom is 0.328 e. The zero-order chi connectivity index (χ0) is 22.1. The molecule has 1 aromatic heterocycles. The van der Waals surface area contributed by atoms with Crippen molar-refractivity contribution in [3.63, 3.8) is 0 Å². The summed E-state index contributed by atoms with van der Waals surface area (Å²) in [5.41, 5.74) is 1.86. The third-order valence-electron chi connectivity index (χ3n) is 5.68. The Balaban J connectivity index is 1.76. The summed E-state index contributed by atoms with van der Waals surface area (Å²) in [6.07, 6.45) is 1.52. The monoisotopic (exact) mass is 443 g/mol. The molecule has 0 saturated carbocycles. The molecule has 1 saturated heterocycles. The summed E-state index contributed by atoms with van der Waals surface area (Å²) in [7, 11) is 0. The lowest BCUT2D eigenvalue weighted by Gasteiger charge is -2.43. The lowest BCUT2D eigenvalue weighted by atomic mass is 10.1. The Morgan fingerprint density at radius 1 is 1.16 bits per heavy atom. The van der Waals surface area contributed by atoms with E-state index in [0.717, 1.165) is 47.2 Å². The van der Waals surface area contributed by atoms with Gasteiger partial charge in [-0.15, -0.1) is 11.3 Å². The van der Waals surface area contributed by atoms with Crippen molar-refractivity contribution >= 4 is 28.6 Å². The third-order valence-corrected chi connectivity index (χ3v) is 6.88. The van der Waals surface area contributed by atoms with Gasteiger partial charge in [0.05, 0.1) is 0 Å². The van der Waals surface area contributed by atoms with Gasteiger partial charge in [0.25, 0.3) is 0 Å². The number of nitrogens with one attached hydrogen (secondary N) is 1. The molecule has 166 valence electrons. The van der Waals surface area contributed by atoms with Crippen LogP contribution in [0.2, 0.25) is 0 Å². The number of fused-ring (bicyclic) bond motifs is 1. The first-order valence-corrected chi connectivity index (χ1v) is 11.7. The topological polar surface area (TPSA) is 51.2 Å². The van der Waals surface area contributed by atoms with Crippen molar-refractivity contribution in [2.45, 2.75) is 46.1 Å². The highest BCUT2D eigenvalue weighted by atomic mass is 32.1. The van der Waals surface area contributed by atoms with E-state index in [-0.39, 0.29) is 30.2 Å². The summed E-state index contributed by atoms with van der Waals surface area (Å²) in [6.45, 7) is 11.6. The van der Waals surface area contributed by atoms with Gasteiger partial charge in [-0.2, -0.15) is 0 Å². The van der Waals surface area contributed by atoms with Gasteiger partial charge in [0.1, 0.15) is 10.8 Å². The largest absolute Gasteiger partial charge is 0.328 e. The van der Waals surface area contributed by atoms with Gasteiger partial charge in [-0.3, -0.25) is 9.89 Å². The van der Waals surface area contributed by atoms with Crippen LogP contribution >= 0.6 is 11.3 Å². The van der Waals surface area contributed by atoms with Crippen LogP contribution < -0.4 is 10.2 Å². The second-order valence-electron chi connectivity index (χ2n) is 8.54. The molecule has 6 nitrogen and oxygen atoms in total. The van der Waals surface area contributed by atoms with Crippen LogP contribution in [0, 0.1) is 5.82 Å². The molecule has 1 fully saturated rings. The van der Waals surface area contributed by atoms with Crippen molar-refractivity contribution in [2.24, 2.45) is 4.99 Å². The SMILES string of the molecule is CC(C)N(C(=O)N1c2sc(-c3ccc(F)cc3)cc2C=NC1N1CCNCC1)C(C)C. The molecule has 2 aliphatic heterocycles. The number of thiophene rings is 1. The Morgan fingerprint density at radius 2 is 1.81 bits per heavy atom. The van der Waals surface area contributed by atoms with Gasteiger partial charge < -0.3 is 10.2 Å². The zero-order valence-electron chi connectivity index (χ0n) is 18.5. The maximum atomic E-state index is 13.9. The Labute approximate surface area is 187 Å². The van der Waals surface area contributed by atoms with E-state index in [1.165, 1.54) is 12.1 Å². The van der Waals surface area contributed by atoms with Crippen LogP contribution in [-0.2, 0) is 0 Å². The smallest absolute Gasteiger partial charge is 0.319 e. The number of hydrogen-bond donors (Lipinski definition) is 1. The number of benzene rings is 1. The van der Waals surface area contributed by atoms with Gasteiger partial charge in [0.15, 0.2) is 6.29 Å². The molecule has 8 heteroatoms. The van der Waals surface area contributed by atoms with Crippen molar-refractivity contribution in [3.05, 3.63) is 41.7 Å². The molecule has 0 radical (unpaired) electrons. The fourth-order valence-corrected chi connectivity index (χ4v) is 5.42.